The maximum absolute atomic E-state index is 12.4. The maximum atomic E-state index is 12.4. The normalized spacial score (nSPS) is 10.6. The summed E-state index contributed by atoms with van der Waals surface area (Å²) in [6.07, 6.45) is 2.91. The molecule has 5 heteroatoms. The molecule has 0 fully saturated rings. The smallest absolute Gasteiger partial charge is 0.270 e. The number of pyridine rings is 1. The number of aromatic nitrogens is 2. The van der Waals surface area contributed by atoms with E-state index in [-0.39, 0.29) is 11.1 Å². The van der Waals surface area contributed by atoms with E-state index >= 15 is 0 Å². The van der Waals surface area contributed by atoms with Crippen LogP contribution in [0.4, 0.5) is 5.69 Å². The third-order valence-corrected chi connectivity index (χ3v) is 3.50. The van der Waals surface area contributed by atoms with Gasteiger partial charge in [0, 0.05) is 18.1 Å². The first kappa shape index (κ1) is 14.0. The number of carbonyl (C=O) groups is 1. The summed E-state index contributed by atoms with van der Waals surface area (Å²) in [5.74, 6) is -0.454. The second-order valence-electron chi connectivity index (χ2n) is 5.18. The average molecular weight is 293 g/mol. The minimum atomic E-state index is -0.454. The quantitative estimate of drug-likeness (QED) is 0.790. The largest absolute Gasteiger partial charge is 0.322 e. The lowest BCUT2D eigenvalue weighted by Crippen LogP contribution is -2.26. The molecule has 110 valence electrons. The molecule has 0 unspecified atom stereocenters. The zero-order valence-corrected chi connectivity index (χ0v) is 12.3. The molecule has 0 saturated carbocycles. The Morgan fingerprint density at radius 3 is 2.82 bits per heavy atom. The highest BCUT2D eigenvalue weighted by atomic mass is 16.2. The van der Waals surface area contributed by atoms with Crippen LogP contribution in [-0.2, 0) is 0 Å². The molecule has 1 aromatic carbocycles. The number of carbonyl (C=O) groups excluding carboxylic acids is 1. The average Bonchev–Trinajstić information content (AvgIpc) is 2.51. The van der Waals surface area contributed by atoms with Gasteiger partial charge in [-0.2, -0.15) is 0 Å². The van der Waals surface area contributed by atoms with Crippen LogP contribution in [0, 0.1) is 13.8 Å². The third kappa shape index (κ3) is 2.48. The lowest BCUT2D eigenvalue weighted by atomic mass is 10.1. The van der Waals surface area contributed by atoms with Gasteiger partial charge in [0.15, 0.2) is 0 Å². The highest BCUT2D eigenvalue weighted by Gasteiger charge is 2.14. The summed E-state index contributed by atoms with van der Waals surface area (Å²) >= 11 is 0. The minimum Gasteiger partial charge on any atom is -0.322 e. The van der Waals surface area contributed by atoms with Crippen LogP contribution in [0.3, 0.4) is 0 Å². The Hall–Kier alpha value is -2.95. The topological polar surface area (TPSA) is 63.5 Å². The maximum Gasteiger partial charge on any atom is 0.270 e. The summed E-state index contributed by atoms with van der Waals surface area (Å²) in [7, 11) is 0. The molecule has 2 heterocycles. The van der Waals surface area contributed by atoms with E-state index in [9.17, 15) is 9.59 Å². The first-order valence-electron chi connectivity index (χ1n) is 6.91. The molecule has 0 aliphatic carbocycles. The number of nitrogens with zero attached hydrogens (tertiary/aromatic N) is 2. The van der Waals surface area contributed by atoms with Gasteiger partial charge in [0.05, 0.1) is 0 Å². The van der Waals surface area contributed by atoms with Crippen molar-refractivity contribution in [2.75, 3.05) is 5.32 Å². The van der Waals surface area contributed by atoms with Crippen molar-refractivity contribution < 1.29 is 4.79 Å². The SMILES string of the molecule is Cc1ccc(C)c(NC(=O)c2cnc3ccccn3c2=O)c1. The Morgan fingerprint density at radius 2 is 2.00 bits per heavy atom. The predicted molar refractivity (Wildman–Crippen MR) is 85.3 cm³/mol. The zero-order valence-electron chi connectivity index (χ0n) is 12.3. The standard InChI is InChI=1S/C17H15N3O2/c1-11-6-7-12(2)14(9-11)19-16(21)13-10-18-15-5-3-4-8-20(15)17(13)22/h3-10H,1-2H3,(H,19,21). The molecule has 0 saturated heterocycles. The van der Waals surface area contributed by atoms with E-state index in [1.807, 2.05) is 32.0 Å². The lowest BCUT2D eigenvalue weighted by molar-refractivity contribution is 0.102. The van der Waals surface area contributed by atoms with Crippen molar-refractivity contribution in [1.82, 2.24) is 9.38 Å². The number of aryl methyl sites for hydroxylation is 2. The van der Waals surface area contributed by atoms with Gasteiger partial charge < -0.3 is 5.32 Å². The summed E-state index contributed by atoms with van der Waals surface area (Å²) < 4.78 is 1.36. The number of nitrogens with one attached hydrogen (secondary N) is 1. The van der Waals surface area contributed by atoms with Crippen LogP contribution in [0.15, 0.2) is 53.6 Å². The Morgan fingerprint density at radius 1 is 1.18 bits per heavy atom. The second kappa shape index (κ2) is 5.44. The molecule has 0 atom stereocenters. The van der Waals surface area contributed by atoms with E-state index in [1.165, 1.54) is 10.6 Å². The van der Waals surface area contributed by atoms with Gasteiger partial charge >= 0.3 is 0 Å². The van der Waals surface area contributed by atoms with Gasteiger partial charge in [-0.1, -0.05) is 18.2 Å². The molecule has 1 amide bonds. The summed E-state index contributed by atoms with van der Waals surface area (Å²) in [6.45, 7) is 3.85. The first-order valence-corrected chi connectivity index (χ1v) is 6.91. The van der Waals surface area contributed by atoms with Crippen molar-refractivity contribution in [1.29, 1.82) is 0 Å². The van der Waals surface area contributed by atoms with Gasteiger partial charge in [0.2, 0.25) is 0 Å². The Labute approximate surface area is 127 Å². The highest BCUT2D eigenvalue weighted by Crippen LogP contribution is 2.16. The lowest BCUT2D eigenvalue weighted by Gasteiger charge is -2.09. The van der Waals surface area contributed by atoms with Crippen molar-refractivity contribution in [2.24, 2.45) is 0 Å². The molecule has 0 radical (unpaired) electrons. The van der Waals surface area contributed by atoms with Crippen LogP contribution in [-0.4, -0.2) is 15.3 Å². The van der Waals surface area contributed by atoms with E-state index in [1.54, 1.807) is 24.4 Å². The summed E-state index contributed by atoms with van der Waals surface area (Å²) in [5, 5.41) is 2.78. The first-order chi connectivity index (χ1) is 10.6. The van der Waals surface area contributed by atoms with Crippen LogP contribution in [0.5, 0.6) is 0 Å². The molecule has 0 aliphatic rings. The Bertz CT molecular complexity index is 929. The molecule has 2 aromatic heterocycles. The van der Waals surface area contributed by atoms with Gasteiger partial charge in [-0.3, -0.25) is 14.0 Å². The molecular formula is C17H15N3O2. The van der Waals surface area contributed by atoms with Gasteiger partial charge in [-0.25, -0.2) is 4.98 Å². The Kier molecular flexibility index (Phi) is 3.47. The number of rotatable bonds is 2. The molecule has 3 aromatic rings. The van der Waals surface area contributed by atoms with Gasteiger partial charge in [0.1, 0.15) is 11.2 Å². The summed E-state index contributed by atoms with van der Waals surface area (Å²) in [4.78, 5) is 28.9. The molecule has 1 N–H and O–H groups in total. The van der Waals surface area contributed by atoms with E-state index < -0.39 is 5.91 Å². The molecular weight excluding hydrogens is 278 g/mol. The fourth-order valence-corrected chi connectivity index (χ4v) is 2.24. The predicted octanol–water partition coefficient (Wildman–Crippen LogP) is 2.56. The van der Waals surface area contributed by atoms with Crippen LogP contribution in [0.1, 0.15) is 21.5 Å². The van der Waals surface area contributed by atoms with E-state index in [2.05, 4.69) is 10.3 Å². The number of anilines is 1. The minimum absolute atomic E-state index is 0.0182. The van der Waals surface area contributed by atoms with E-state index in [4.69, 9.17) is 0 Å². The van der Waals surface area contributed by atoms with E-state index in [0.717, 1.165) is 11.1 Å². The van der Waals surface area contributed by atoms with Gasteiger partial charge in [-0.15, -0.1) is 0 Å². The van der Waals surface area contributed by atoms with Crippen molar-refractivity contribution in [3.05, 3.63) is 75.8 Å². The molecule has 0 aliphatic heterocycles. The van der Waals surface area contributed by atoms with Crippen molar-refractivity contribution in [2.45, 2.75) is 13.8 Å². The molecule has 5 nitrogen and oxygen atoms in total. The van der Waals surface area contributed by atoms with Crippen molar-refractivity contribution in [3.8, 4) is 0 Å². The van der Waals surface area contributed by atoms with Crippen LogP contribution in [0.2, 0.25) is 0 Å². The molecule has 3 rings (SSSR count). The number of fused-ring (bicyclic) bond motifs is 1. The zero-order chi connectivity index (χ0) is 15.7. The molecule has 0 bridgehead atoms. The molecule has 0 spiro atoms. The van der Waals surface area contributed by atoms with Crippen molar-refractivity contribution in [3.63, 3.8) is 0 Å². The molecule has 22 heavy (non-hydrogen) atoms. The number of benzene rings is 1. The van der Waals surface area contributed by atoms with Crippen LogP contribution < -0.4 is 10.9 Å². The van der Waals surface area contributed by atoms with Crippen LogP contribution >= 0.6 is 0 Å². The number of amides is 1. The van der Waals surface area contributed by atoms with Crippen molar-refractivity contribution >= 4 is 17.2 Å². The van der Waals surface area contributed by atoms with E-state index in [0.29, 0.717) is 11.3 Å². The fourth-order valence-electron chi connectivity index (χ4n) is 2.24. The monoisotopic (exact) mass is 293 g/mol. The summed E-state index contributed by atoms with van der Waals surface area (Å²) in [5.41, 5.74) is 2.82. The van der Waals surface area contributed by atoms with Gasteiger partial charge in [0.25, 0.3) is 11.5 Å². The third-order valence-electron chi connectivity index (χ3n) is 3.50. The van der Waals surface area contributed by atoms with Gasteiger partial charge in [-0.05, 0) is 43.2 Å². The van der Waals surface area contributed by atoms with Crippen LogP contribution in [0.25, 0.3) is 5.65 Å². The Balaban J connectivity index is 2.01. The fraction of sp³-hybridized carbons (Fsp3) is 0.118. The number of hydrogen-bond acceptors (Lipinski definition) is 3. The highest BCUT2D eigenvalue weighted by molar-refractivity contribution is 6.04. The number of hydrogen-bond donors (Lipinski definition) is 1. The summed E-state index contributed by atoms with van der Waals surface area (Å²) in [6, 6.07) is 11.0. The second-order valence-corrected chi connectivity index (χ2v) is 5.18.